The standard InChI is InChI=1S/C13H12N4O2/c14-12-16-11(19)13(17-12,9-4-5-15-7-9)8-2-1-3-10(18)6-8/h1-7,15,18H,(H3,14,16,17,19). The van der Waals surface area contributed by atoms with Crippen molar-refractivity contribution in [3.8, 4) is 5.75 Å². The molecule has 3 rings (SSSR count). The summed E-state index contributed by atoms with van der Waals surface area (Å²) in [6.45, 7) is 0. The molecule has 6 heteroatoms. The van der Waals surface area contributed by atoms with Gasteiger partial charge in [0.25, 0.3) is 5.91 Å². The lowest BCUT2D eigenvalue weighted by molar-refractivity contribution is -0.122. The fourth-order valence-electron chi connectivity index (χ4n) is 2.30. The van der Waals surface area contributed by atoms with Crippen molar-refractivity contribution in [2.75, 3.05) is 0 Å². The van der Waals surface area contributed by atoms with Crippen LogP contribution in [0.4, 0.5) is 0 Å². The average molecular weight is 256 g/mol. The third kappa shape index (κ3) is 1.57. The number of carbonyl (C=O) groups excluding carboxylic acids is 1. The minimum absolute atomic E-state index is 0.0644. The summed E-state index contributed by atoms with van der Waals surface area (Å²) in [5.41, 5.74) is 5.60. The number of benzene rings is 1. The SMILES string of the molecule is NC1=NC(c2cc[nH]c2)(c2cccc(O)c2)C(=O)N1. The number of aromatic hydroxyl groups is 1. The summed E-state index contributed by atoms with van der Waals surface area (Å²) in [7, 11) is 0. The number of hydrogen-bond acceptors (Lipinski definition) is 4. The van der Waals surface area contributed by atoms with E-state index in [0.717, 1.165) is 0 Å². The van der Waals surface area contributed by atoms with Gasteiger partial charge in [0.2, 0.25) is 0 Å². The summed E-state index contributed by atoms with van der Waals surface area (Å²) in [6, 6.07) is 8.19. The molecule has 1 aromatic carbocycles. The predicted molar refractivity (Wildman–Crippen MR) is 69.4 cm³/mol. The normalized spacial score (nSPS) is 22.1. The zero-order valence-electron chi connectivity index (χ0n) is 9.92. The van der Waals surface area contributed by atoms with Gasteiger partial charge >= 0.3 is 0 Å². The number of nitrogens with one attached hydrogen (secondary N) is 2. The van der Waals surface area contributed by atoms with E-state index in [9.17, 15) is 9.90 Å². The molecule has 1 unspecified atom stereocenters. The minimum atomic E-state index is -1.25. The second-order valence-corrected chi connectivity index (χ2v) is 4.31. The van der Waals surface area contributed by atoms with Gasteiger partial charge in [-0.1, -0.05) is 12.1 Å². The van der Waals surface area contributed by atoms with Gasteiger partial charge in [0.1, 0.15) is 5.75 Å². The first-order valence-electron chi connectivity index (χ1n) is 5.72. The molecular formula is C13H12N4O2. The third-order valence-corrected chi connectivity index (χ3v) is 3.14. The first kappa shape index (κ1) is 11.3. The Labute approximate surface area is 109 Å². The van der Waals surface area contributed by atoms with Crippen LogP contribution < -0.4 is 11.1 Å². The third-order valence-electron chi connectivity index (χ3n) is 3.14. The predicted octanol–water partition coefficient (Wildman–Crippen LogP) is 0.408. The molecule has 1 atom stereocenters. The summed E-state index contributed by atoms with van der Waals surface area (Å²) in [6.07, 6.45) is 3.39. The van der Waals surface area contributed by atoms with Gasteiger partial charge in [0.15, 0.2) is 11.5 Å². The van der Waals surface area contributed by atoms with E-state index >= 15 is 0 Å². The Kier molecular flexibility index (Phi) is 2.31. The van der Waals surface area contributed by atoms with Crippen molar-refractivity contribution in [1.82, 2.24) is 10.3 Å². The molecular weight excluding hydrogens is 244 g/mol. The molecule has 0 fully saturated rings. The van der Waals surface area contributed by atoms with Crippen molar-refractivity contribution >= 4 is 11.9 Å². The fraction of sp³-hybridized carbons (Fsp3) is 0.0769. The molecule has 6 nitrogen and oxygen atoms in total. The largest absolute Gasteiger partial charge is 0.508 e. The van der Waals surface area contributed by atoms with E-state index in [1.807, 2.05) is 0 Å². The van der Waals surface area contributed by atoms with Crippen LogP contribution in [0.1, 0.15) is 11.1 Å². The molecule has 5 N–H and O–H groups in total. The molecule has 1 aromatic heterocycles. The maximum Gasteiger partial charge on any atom is 0.264 e. The van der Waals surface area contributed by atoms with Gasteiger partial charge < -0.3 is 15.8 Å². The first-order valence-corrected chi connectivity index (χ1v) is 5.72. The molecule has 2 aromatic rings. The number of nitrogens with two attached hydrogens (primary N) is 1. The Morgan fingerprint density at radius 1 is 1.26 bits per heavy atom. The lowest BCUT2D eigenvalue weighted by atomic mass is 9.84. The van der Waals surface area contributed by atoms with Gasteiger partial charge in [-0.25, -0.2) is 4.99 Å². The Balaban J connectivity index is 2.27. The quantitative estimate of drug-likeness (QED) is 0.625. The molecule has 0 bridgehead atoms. The lowest BCUT2D eigenvalue weighted by Crippen LogP contribution is -2.39. The molecule has 0 radical (unpaired) electrons. The van der Waals surface area contributed by atoms with E-state index in [4.69, 9.17) is 5.73 Å². The maximum absolute atomic E-state index is 12.3. The molecule has 96 valence electrons. The van der Waals surface area contributed by atoms with Gasteiger partial charge in [-0.2, -0.15) is 0 Å². The van der Waals surface area contributed by atoms with Crippen molar-refractivity contribution in [3.05, 3.63) is 53.9 Å². The number of aromatic amines is 1. The van der Waals surface area contributed by atoms with Crippen LogP contribution >= 0.6 is 0 Å². The smallest absolute Gasteiger partial charge is 0.264 e. The van der Waals surface area contributed by atoms with Gasteiger partial charge in [0, 0.05) is 18.0 Å². The van der Waals surface area contributed by atoms with Crippen LogP contribution in [0.3, 0.4) is 0 Å². The van der Waals surface area contributed by atoms with Crippen LogP contribution in [-0.4, -0.2) is 22.0 Å². The number of phenols is 1. The van der Waals surface area contributed by atoms with Crippen LogP contribution in [0, 0.1) is 0 Å². The van der Waals surface area contributed by atoms with Crippen molar-refractivity contribution in [1.29, 1.82) is 0 Å². The molecule has 1 aliphatic heterocycles. The fourth-order valence-corrected chi connectivity index (χ4v) is 2.30. The average Bonchev–Trinajstić information content (AvgIpc) is 2.97. The van der Waals surface area contributed by atoms with Crippen molar-refractivity contribution in [2.45, 2.75) is 5.54 Å². The highest BCUT2D eigenvalue weighted by Gasteiger charge is 2.47. The monoisotopic (exact) mass is 256 g/mol. The highest BCUT2D eigenvalue weighted by molar-refractivity contribution is 6.09. The topological polar surface area (TPSA) is 104 Å². The number of aromatic nitrogens is 1. The van der Waals surface area contributed by atoms with Gasteiger partial charge in [-0.05, 0) is 23.8 Å². The summed E-state index contributed by atoms with van der Waals surface area (Å²) in [5.74, 6) is -0.203. The second kappa shape index (κ2) is 3.88. The van der Waals surface area contributed by atoms with Crippen LogP contribution in [0.25, 0.3) is 0 Å². The molecule has 1 amide bonds. The van der Waals surface area contributed by atoms with Crippen LogP contribution in [0.2, 0.25) is 0 Å². The van der Waals surface area contributed by atoms with E-state index in [0.29, 0.717) is 11.1 Å². The molecule has 0 saturated carbocycles. The maximum atomic E-state index is 12.3. The molecule has 0 saturated heterocycles. The number of H-pyrrole nitrogens is 1. The number of rotatable bonds is 2. The molecule has 2 heterocycles. The molecule has 0 aliphatic carbocycles. The van der Waals surface area contributed by atoms with E-state index < -0.39 is 5.54 Å². The van der Waals surface area contributed by atoms with E-state index in [1.165, 1.54) is 12.1 Å². The van der Waals surface area contributed by atoms with Crippen LogP contribution in [0.15, 0.2) is 47.7 Å². The molecule has 19 heavy (non-hydrogen) atoms. The number of hydrogen-bond donors (Lipinski definition) is 4. The van der Waals surface area contributed by atoms with Crippen LogP contribution in [0.5, 0.6) is 5.75 Å². The van der Waals surface area contributed by atoms with Gasteiger partial charge in [-0.15, -0.1) is 0 Å². The van der Waals surface area contributed by atoms with Crippen LogP contribution in [-0.2, 0) is 10.3 Å². The number of amides is 1. The minimum Gasteiger partial charge on any atom is -0.508 e. The van der Waals surface area contributed by atoms with E-state index in [-0.39, 0.29) is 17.6 Å². The van der Waals surface area contributed by atoms with Crippen molar-refractivity contribution in [3.63, 3.8) is 0 Å². The van der Waals surface area contributed by atoms with Gasteiger partial charge in [0.05, 0.1) is 0 Å². The zero-order chi connectivity index (χ0) is 13.5. The van der Waals surface area contributed by atoms with E-state index in [2.05, 4.69) is 15.3 Å². The number of carbonyl (C=O) groups is 1. The summed E-state index contributed by atoms with van der Waals surface area (Å²) < 4.78 is 0. The Morgan fingerprint density at radius 2 is 2.11 bits per heavy atom. The first-order chi connectivity index (χ1) is 9.13. The van der Waals surface area contributed by atoms with E-state index in [1.54, 1.807) is 30.6 Å². The molecule has 0 spiro atoms. The number of aliphatic imine (C=N–C) groups is 1. The second-order valence-electron chi connectivity index (χ2n) is 4.31. The Bertz CT molecular complexity index is 663. The number of nitrogens with zero attached hydrogens (tertiary/aromatic N) is 1. The summed E-state index contributed by atoms with van der Waals surface area (Å²) >= 11 is 0. The Hall–Kier alpha value is -2.76. The zero-order valence-corrected chi connectivity index (χ0v) is 9.92. The highest BCUT2D eigenvalue weighted by atomic mass is 16.3. The van der Waals surface area contributed by atoms with Gasteiger partial charge in [-0.3, -0.25) is 10.1 Å². The summed E-state index contributed by atoms with van der Waals surface area (Å²) in [4.78, 5) is 19.5. The summed E-state index contributed by atoms with van der Waals surface area (Å²) in [5, 5.41) is 12.1. The Morgan fingerprint density at radius 3 is 2.68 bits per heavy atom. The van der Waals surface area contributed by atoms with Crippen molar-refractivity contribution < 1.29 is 9.90 Å². The number of guanidine groups is 1. The number of phenolic OH excluding ortho intramolecular Hbond substituents is 1. The van der Waals surface area contributed by atoms with Crippen molar-refractivity contribution in [2.24, 2.45) is 10.7 Å². The highest BCUT2D eigenvalue weighted by Crippen LogP contribution is 2.37. The lowest BCUT2D eigenvalue weighted by Gasteiger charge is -2.23. The molecule has 1 aliphatic rings.